The SMILES string of the molecule is Clc1ccc(COC(Cn2cnc3ccccc32)c2ccco2)cc1. The zero-order valence-corrected chi connectivity index (χ0v) is 14.3. The summed E-state index contributed by atoms with van der Waals surface area (Å²) in [5.74, 6) is 0.798. The zero-order valence-electron chi connectivity index (χ0n) is 13.5. The summed E-state index contributed by atoms with van der Waals surface area (Å²) in [6.07, 6.45) is 3.30. The number of fused-ring (bicyclic) bond motifs is 1. The standard InChI is InChI=1S/C20H17ClN2O2/c21-16-9-7-15(8-10-16)13-25-20(19-6-3-11-24-19)12-23-14-22-17-4-1-2-5-18(17)23/h1-11,14,20H,12-13H2. The summed E-state index contributed by atoms with van der Waals surface area (Å²) in [6.45, 7) is 1.11. The first kappa shape index (κ1) is 15.9. The van der Waals surface area contributed by atoms with Gasteiger partial charge in [-0.15, -0.1) is 0 Å². The lowest BCUT2D eigenvalue weighted by atomic mass is 10.2. The van der Waals surface area contributed by atoms with Crippen LogP contribution in [-0.4, -0.2) is 9.55 Å². The van der Waals surface area contributed by atoms with Crippen molar-refractivity contribution in [2.45, 2.75) is 19.3 Å². The molecular weight excluding hydrogens is 336 g/mol. The fraction of sp³-hybridized carbons (Fsp3) is 0.150. The van der Waals surface area contributed by atoms with E-state index in [0.717, 1.165) is 27.4 Å². The molecule has 0 aliphatic carbocycles. The van der Waals surface area contributed by atoms with Crippen molar-refractivity contribution >= 4 is 22.6 Å². The summed E-state index contributed by atoms with van der Waals surface area (Å²) in [5, 5.41) is 0.719. The molecule has 0 spiro atoms. The molecule has 2 aromatic heterocycles. The van der Waals surface area contributed by atoms with Crippen LogP contribution in [0.25, 0.3) is 11.0 Å². The second-order valence-electron chi connectivity index (χ2n) is 5.83. The molecule has 0 N–H and O–H groups in total. The van der Waals surface area contributed by atoms with Gasteiger partial charge in [0.05, 0.1) is 36.8 Å². The molecule has 126 valence electrons. The fourth-order valence-corrected chi connectivity index (χ4v) is 2.94. The highest BCUT2D eigenvalue weighted by molar-refractivity contribution is 6.30. The minimum absolute atomic E-state index is 0.205. The number of aromatic nitrogens is 2. The van der Waals surface area contributed by atoms with Crippen molar-refractivity contribution in [3.05, 3.63) is 89.6 Å². The fourth-order valence-electron chi connectivity index (χ4n) is 2.81. The Labute approximate surface area is 150 Å². The lowest BCUT2D eigenvalue weighted by Crippen LogP contribution is -2.12. The number of hydrogen-bond donors (Lipinski definition) is 0. The molecule has 0 saturated heterocycles. The minimum Gasteiger partial charge on any atom is -0.467 e. The Kier molecular flexibility index (Phi) is 4.55. The van der Waals surface area contributed by atoms with Gasteiger partial charge in [-0.2, -0.15) is 0 Å². The molecule has 25 heavy (non-hydrogen) atoms. The molecular formula is C20H17ClN2O2. The van der Waals surface area contributed by atoms with Crippen LogP contribution in [0, 0.1) is 0 Å². The summed E-state index contributed by atoms with van der Waals surface area (Å²) < 4.78 is 13.8. The Morgan fingerprint density at radius 2 is 1.88 bits per heavy atom. The monoisotopic (exact) mass is 352 g/mol. The molecule has 2 aromatic carbocycles. The third-order valence-electron chi connectivity index (χ3n) is 4.11. The highest BCUT2D eigenvalue weighted by Crippen LogP contribution is 2.24. The van der Waals surface area contributed by atoms with Gasteiger partial charge in [-0.1, -0.05) is 35.9 Å². The van der Waals surface area contributed by atoms with Crippen LogP contribution in [0.5, 0.6) is 0 Å². The van der Waals surface area contributed by atoms with Crippen molar-refractivity contribution in [3.63, 3.8) is 0 Å². The van der Waals surface area contributed by atoms with Crippen LogP contribution in [0.1, 0.15) is 17.4 Å². The largest absolute Gasteiger partial charge is 0.467 e. The summed E-state index contributed by atoms with van der Waals surface area (Å²) in [4.78, 5) is 4.44. The third kappa shape index (κ3) is 3.60. The molecule has 0 amide bonds. The van der Waals surface area contributed by atoms with E-state index in [2.05, 4.69) is 15.6 Å². The van der Waals surface area contributed by atoms with Crippen LogP contribution in [-0.2, 0) is 17.9 Å². The number of halogens is 1. The first-order chi connectivity index (χ1) is 12.3. The van der Waals surface area contributed by atoms with Gasteiger partial charge >= 0.3 is 0 Å². The van der Waals surface area contributed by atoms with E-state index in [4.69, 9.17) is 20.8 Å². The topological polar surface area (TPSA) is 40.2 Å². The van der Waals surface area contributed by atoms with E-state index in [0.29, 0.717) is 13.2 Å². The van der Waals surface area contributed by atoms with Crippen molar-refractivity contribution in [2.24, 2.45) is 0 Å². The summed E-state index contributed by atoms with van der Waals surface area (Å²) >= 11 is 5.94. The number of rotatable bonds is 6. The van der Waals surface area contributed by atoms with Crippen LogP contribution in [0.4, 0.5) is 0 Å². The van der Waals surface area contributed by atoms with Gasteiger partial charge in [0, 0.05) is 5.02 Å². The predicted octanol–water partition coefficient (Wildman–Crippen LogP) is 5.24. The van der Waals surface area contributed by atoms with Gasteiger partial charge in [-0.25, -0.2) is 4.98 Å². The number of para-hydroxylation sites is 2. The molecule has 2 heterocycles. The third-order valence-corrected chi connectivity index (χ3v) is 4.37. The molecule has 5 heteroatoms. The van der Waals surface area contributed by atoms with Crippen molar-refractivity contribution in [3.8, 4) is 0 Å². The van der Waals surface area contributed by atoms with Crippen LogP contribution < -0.4 is 0 Å². The van der Waals surface area contributed by atoms with Gasteiger partial charge in [-0.3, -0.25) is 0 Å². The van der Waals surface area contributed by atoms with Crippen molar-refractivity contribution in [1.82, 2.24) is 9.55 Å². The maximum absolute atomic E-state index is 6.15. The van der Waals surface area contributed by atoms with E-state index >= 15 is 0 Å². The first-order valence-corrected chi connectivity index (χ1v) is 8.47. The molecule has 0 fully saturated rings. The Balaban J connectivity index is 1.55. The second-order valence-corrected chi connectivity index (χ2v) is 6.26. The van der Waals surface area contributed by atoms with Crippen molar-refractivity contribution in [1.29, 1.82) is 0 Å². The highest BCUT2D eigenvalue weighted by atomic mass is 35.5. The summed E-state index contributed by atoms with van der Waals surface area (Å²) in [7, 11) is 0. The van der Waals surface area contributed by atoms with Gasteiger partial charge < -0.3 is 13.7 Å². The number of furan rings is 1. The number of ether oxygens (including phenoxy) is 1. The Bertz CT molecular complexity index is 945. The molecule has 1 unspecified atom stereocenters. The van der Waals surface area contributed by atoms with Crippen molar-refractivity contribution < 1.29 is 9.15 Å². The van der Waals surface area contributed by atoms with Crippen molar-refractivity contribution in [2.75, 3.05) is 0 Å². The van der Waals surface area contributed by atoms with Gasteiger partial charge in [0.15, 0.2) is 0 Å². The Morgan fingerprint density at radius 3 is 2.68 bits per heavy atom. The molecule has 4 nitrogen and oxygen atoms in total. The van der Waals surface area contributed by atoms with E-state index in [9.17, 15) is 0 Å². The highest BCUT2D eigenvalue weighted by Gasteiger charge is 2.17. The molecule has 4 aromatic rings. The lowest BCUT2D eigenvalue weighted by Gasteiger charge is -2.17. The minimum atomic E-state index is -0.205. The van der Waals surface area contributed by atoms with E-state index in [1.165, 1.54) is 0 Å². The van der Waals surface area contributed by atoms with E-state index in [1.807, 2.05) is 60.9 Å². The maximum atomic E-state index is 6.15. The summed E-state index contributed by atoms with van der Waals surface area (Å²) in [5.41, 5.74) is 3.11. The molecule has 0 radical (unpaired) electrons. The van der Waals surface area contributed by atoms with Gasteiger partial charge in [0.1, 0.15) is 11.9 Å². The van der Waals surface area contributed by atoms with Crippen LogP contribution in [0.2, 0.25) is 5.02 Å². The molecule has 1 atom stereocenters. The average molecular weight is 353 g/mol. The van der Waals surface area contributed by atoms with Crippen LogP contribution >= 0.6 is 11.6 Å². The van der Waals surface area contributed by atoms with Crippen LogP contribution in [0.15, 0.2) is 77.7 Å². The van der Waals surface area contributed by atoms with Gasteiger partial charge in [-0.05, 0) is 42.0 Å². The Morgan fingerprint density at radius 1 is 1.04 bits per heavy atom. The number of benzene rings is 2. The van der Waals surface area contributed by atoms with Crippen LogP contribution in [0.3, 0.4) is 0 Å². The smallest absolute Gasteiger partial charge is 0.134 e. The maximum Gasteiger partial charge on any atom is 0.134 e. The number of nitrogens with zero attached hydrogens (tertiary/aromatic N) is 2. The van der Waals surface area contributed by atoms with Gasteiger partial charge in [0.2, 0.25) is 0 Å². The van der Waals surface area contributed by atoms with E-state index < -0.39 is 0 Å². The second kappa shape index (κ2) is 7.13. The van der Waals surface area contributed by atoms with Gasteiger partial charge in [0.25, 0.3) is 0 Å². The first-order valence-electron chi connectivity index (χ1n) is 8.09. The van der Waals surface area contributed by atoms with E-state index in [1.54, 1.807) is 6.26 Å². The Hall–Kier alpha value is -2.56. The van der Waals surface area contributed by atoms with E-state index in [-0.39, 0.29) is 6.10 Å². The molecule has 0 aliphatic rings. The zero-order chi connectivity index (χ0) is 17.1. The quantitative estimate of drug-likeness (QED) is 0.476. The average Bonchev–Trinajstić information content (AvgIpc) is 3.30. The molecule has 4 rings (SSSR count). The lowest BCUT2D eigenvalue weighted by molar-refractivity contribution is 0.0147. The molecule has 0 bridgehead atoms. The molecule has 0 aliphatic heterocycles. The predicted molar refractivity (Wildman–Crippen MR) is 97.4 cm³/mol. The molecule has 0 saturated carbocycles. The summed E-state index contributed by atoms with van der Waals surface area (Å²) in [6, 6.07) is 19.5. The number of imidazole rings is 1. The normalized spacial score (nSPS) is 12.5. The number of hydrogen-bond acceptors (Lipinski definition) is 3.